The van der Waals surface area contributed by atoms with Gasteiger partial charge in [-0.05, 0) is 25.0 Å². The number of hydrogen-bond donors (Lipinski definition) is 1. The van der Waals surface area contributed by atoms with Crippen molar-refractivity contribution < 1.29 is 0 Å². The third-order valence-electron chi connectivity index (χ3n) is 2.52. The van der Waals surface area contributed by atoms with E-state index >= 15 is 0 Å². The van der Waals surface area contributed by atoms with E-state index in [4.69, 9.17) is 5.26 Å². The summed E-state index contributed by atoms with van der Waals surface area (Å²) in [6, 6.07) is 5.59. The van der Waals surface area contributed by atoms with Crippen molar-refractivity contribution in [3.8, 4) is 6.07 Å². The number of nitrogens with zero attached hydrogens (tertiary/aromatic N) is 3. The van der Waals surface area contributed by atoms with Crippen molar-refractivity contribution in [3.63, 3.8) is 0 Å². The molecule has 0 atom stereocenters. The van der Waals surface area contributed by atoms with E-state index in [0.717, 1.165) is 18.9 Å². The Bertz CT molecular complexity index is 363. The summed E-state index contributed by atoms with van der Waals surface area (Å²) >= 11 is 0. The van der Waals surface area contributed by atoms with Gasteiger partial charge in [-0.1, -0.05) is 6.42 Å². The van der Waals surface area contributed by atoms with Crippen molar-refractivity contribution in [2.75, 3.05) is 18.5 Å². The normalized spacial score (nSPS) is 17.0. The Morgan fingerprint density at radius 3 is 2.87 bits per heavy atom. The van der Waals surface area contributed by atoms with Crippen molar-refractivity contribution in [3.05, 3.63) is 23.9 Å². The highest BCUT2D eigenvalue weighted by molar-refractivity contribution is 5.41. The van der Waals surface area contributed by atoms with Gasteiger partial charge in [0.25, 0.3) is 0 Å². The molecule has 2 rings (SSSR count). The van der Waals surface area contributed by atoms with Gasteiger partial charge < -0.3 is 5.43 Å². The molecule has 0 saturated carbocycles. The second-order valence-corrected chi connectivity index (χ2v) is 3.70. The number of nitriles is 1. The number of hydrazine groups is 1. The average Bonchev–Trinajstić information content (AvgIpc) is 2.31. The molecule has 15 heavy (non-hydrogen) atoms. The van der Waals surface area contributed by atoms with Crippen molar-refractivity contribution in [1.29, 1.82) is 5.26 Å². The zero-order chi connectivity index (χ0) is 10.5. The molecule has 1 aliphatic heterocycles. The van der Waals surface area contributed by atoms with E-state index in [1.807, 2.05) is 0 Å². The van der Waals surface area contributed by atoms with Gasteiger partial charge in [0.15, 0.2) is 0 Å². The first-order chi connectivity index (χ1) is 7.38. The van der Waals surface area contributed by atoms with Gasteiger partial charge >= 0.3 is 0 Å². The van der Waals surface area contributed by atoms with Crippen LogP contribution in [0.4, 0.5) is 5.82 Å². The molecule has 0 bridgehead atoms. The molecule has 1 N–H and O–H groups in total. The van der Waals surface area contributed by atoms with Crippen LogP contribution in [0.1, 0.15) is 24.8 Å². The van der Waals surface area contributed by atoms with E-state index < -0.39 is 0 Å². The predicted molar refractivity (Wildman–Crippen MR) is 58.0 cm³/mol. The predicted octanol–water partition coefficient (Wildman–Crippen LogP) is 1.77. The number of nitrogens with one attached hydrogen (secondary N) is 1. The SMILES string of the molecule is N#Cc1ccnc(NN2CCCCC2)c1. The van der Waals surface area contributed by atoms with Crippen molar-refractivity contribution >= 4 is 5.82 Å². The molecule has 1 saturated heterocycles. The molecule has 0 radical (unpaired) electrons. The van der Waals surface area contributed by atoms with Crippen LogP contribution in [0.2, 0.25) is 0 Å². The molecule has 0 unspecified atom stereocenters. The summed E-state index contributed by atoms with van der Waals surface area (Å²) < 4.78 is 0. The third kappa shape index (κ3) is 2.67. The van der Waals surface area contributed by atoms with E-state index in [2.05, 4.69) is 21.5 Å². The molecule has 0 spiro atoms. The number of pyridine rings is 1. The Morgan fingerprint density at radius 2 is 2.13 bits per heavy atom. The highest BCUT2D eigenvalue weighted by atomic mass is 15.5. The fraction of sp³-hybridized carbons (Fsp3) is 0.455. The summed E-state index contributed by atoms with van der Waals surface area (Å²) in [5, 5.41) is 10.9. The maximum atomic E-state index is 8.75. The highest BCUT2D eigenvalue weighted by Crippen LogP contribution is 2.11. The number of hydrogen-bond acceptors (Lipinski definition) is 4. The van der Waals surface area contributed by atoms with E-state index in [-0.39, 0.29) is 0 Å². The Labute approximate surface area is 89.5 Å². The Hall–Kier alpha value is -1.60. The summed E-state index contributed by atoms with van der Waals surface area (Å²) in [4.78, 5) is 4.18. The van der Waals surface area contributed by atoms with Crippen LogP contribution in [0.15, 0.2) is 18.3 Å². The van der Waals surface area contributed by atoms with E-state index in [1.54, 1.807) is 18.3 Å². The molecule has 0 aliphatic carbocycles. The lowest BCUT2D eigenvalue weighted by Crippen LogP contribution is -2.35. The van der Waals surface area contributed by atoms with Gasteiger partial charge in [-0.3, -0.25) is 0 Å². The van der Waals surface area contributed by atoms with Crippen LogP contribution in [0, 0.1) is 11.3 Å². The lowest BCUT2D eigenvalue weighted by Gasteiger charge is -2.27. The van der Waals surface area contributed by atoms with E-state index in [1.165, 1.54) is 19.3 Å². The molecule has 1 fully saturated rings. The van der Waals surface area contributed by atoms with Crippen LogP contribution in [0.5, 0.6) is 0 Å². The van der Waals surface area contributed by atoms with Crippen molar-refractivity contribution in [2.24, 2.45) is 0 Å². The number of aromatic nitrogens is 1. The molecule has 78 valence electrons. The summed E-state index contributed by atoms with van der Waals surface area (Å²) in [6.07, 6.45) is 5.42. The van der Waals surface area contributed by atoms with Gasteiger partial charge in [-0.15, -0.1) is 0 Å². The van der Waals surface area contributed by atoms with Crippen molar-refractivity contribution in [2.45, 2.75) is 19.3 Å². The number of piperidine rings is 1. The number of anilines is 1. The average molecular weight is 202 g/mol. The van der Waals surface area contributed by atoms with Crippen LogP contribution in [-0.2, 0) is 0 Å². The van der Waals surface area contributed by atoms with Gasteiger partial charge in [0.2, 0.25) is 0 Å². The van der Waals surface area contributed by atoms with Crippen LogP contribution < -0.4 is 5.43 Å². The minimum absolute atomic E-state index is 0.643. The Kier molecular flexibility index (Phi) is 3.15. The minimum atomic E-state index is 0.643. The smallest absolute Gasteiger partial charge is 0.141 e. The van der Waals surface area contributed by atoms with Crippen LogP contribution in [0.25, 0.3) is 0 Å². The summed E-state index contributed by atoms with van der Waals surface area (Å²) in [6.45, 7) is 2.11. The van der Waals surface area contributed by atoms with Gasteiger partial charge in [-0.2, -0.15) is 5.26 Å². The van der Waals surface area contributed by atoms with Gasteiger partial charge in [0.1, 0.15) is 5.82 Å². The molecule has 1 aromatic rings. The summed E-state index contributed by atoms with van der Waals surface area (Å²) in [7, 11) is 0. The van der Waals surface area contributed by atoms with Gasteiger partial charge in [0.05, 0.1) is 11.6 Å². The van der Waals surface area contributed by atoms with E-state index in [9.17, 15) is 0 Å². The fourth-order valence-corrected chi connectivity index (χ4v) is 1.73. The maximum absolute atomic E-state index is 8.75. The molecule has 4 nitrogen and oxygen atoms in total. The molecule has 1 aliphatic rings. The zero-order valence-electron chi connectivity index (χ0n) is 8.61. The van der Waals surface area contributed by atoms with Gasteiger partial charge in [-0.25, -0.2) is 9.99 Å². The second-order valence-electron chi connectivity index (χ2n) is 3.70. The van der Waals surface area contributed by atoms with Crippen LogP contribution >= 0.6 is 0 Å². The molecule has 2 heterocycles. The van der Waals surface area contributed by atoms with Crippen LogP contribution in [0.3, 0.4) is 0 Å². The first-order valence-electron chi connectivity index (χ1n) is 5.26. The standard InChI is InChI=1S/C11H14N4/c12-9-10-4-5-13-11(8-10)14-15-6-2-1-3-7-15/h4-5,8H,1-3,6-7H2,(H,13,14). The largest absolute Gasteiger partial charge is 0.303 e. The highest BCUT2D eigenvalue weighted by Gasteiger charge is 2.09. The van der Waals surface area contributed by atoms with E-state index in [0.29, 0.717) is 5.56 Å². The molecular formula is C11H14N4. The molecule has 4 heteroatoms. The quantitative estimate of drug-likeness (QED) is 0.794. The lowest BCUT2D eigenvalue weighted by molar-refractivity contribution is 0.272. The molecular weight excluding hydrogens is 188 g/mol. The molecule has 1 aromatic heterocycles. The topological polar surface area (TPSA) is 52.0 Å². The monoisotopic (exact) mass is 202 g/mol. The molecule has 0 aromatic carbocycles. The fourth-order valence-electron chi connectivity index (χ4n) is 1.73. The molecule has 0 amide bonds. The first-order valence-corrected chi connectivity index (χ1v) is 5.26. The van der Waals surface area contributed by atoms with Crippen molar-refractivity contribution in [1.82, 2.24) is 9.99 Å². The Balaban J connectivity index is 2.00. The first kappa shape index (κ1) is 9.94. The maximum Gasteiger partial charge on any atom is 0.141 e. The summed E-state index contributed by atoms with van der Waals surface area (Å²) in [5.41, 5.74) is 3.87. The van der Waals surface area contributed by atoms with Crippen LogP contribution in [-0.4, -0.2) is 23.1 Å². The lowest BCUT2D eigenvalue weighted by atomic mass is 10.2. The zero-order valence-corrected chi connectivity index (χ0v) is 8.61. The minimum Gasteiger partial charge on any atom is -0.303 e. The third-order valence-corrected chi connectivity index (χ3v) is 2.52. The summed E-state index contributed by atoms with van der Waals surface area (Å²) in [5.74, 6) is 0.760. The van der Waals surface area contributed by atoms with Gasteiger partial charge in [0, 0.05) is 19.3 Å². The second kappa shape index (κ2) is 4.76. The Morgan fingerprint density at radius 1 is 1.33 bits per heavy atom. The number of rotatable bonds is 2.